The van der Waals surface area contributed by atoms with Crippen LogP contribution >= 0.6 is 11.6 Å². The molecule has 0 radical (unpaired) electrons. The van der Waals surface area contributed by atoms with Crippen LogP contribution in [0.15, 0.2) is 47.5 Å². The molecule has 3 rings (SSSR count). The minimum atomic E-state index is -4.16. The summed E-state index contributed by atoms with van der Waals surface area (Å²) in [5.74, 6) is 0.570. The third-order valence-corrected chi connectivity index (χ3v) is 6.15. The van der Waals surface area contributed by atoms with E-state index in [1.165, 1.54) is 6.07 Å². The third kappa shape index (κ3) is 4.49. The van der Waals surface area contributed by atoms with Crippen molar-refractivity contribution in [2.45, 2.75) is 44.9 Å². The van der Waals surface area contributed by atoms with Crippen LogP contribution in [0.5, 0.6) is 11.5 Å². The number of ether oxygens (including phenoxy) is 1. The topological polar surface area (TPSA) is 65.5 Å². The van der Waals surface area contributed by atoms with E-state index >= 15 is 0 Å². The van der Waals surface area contributed by atoms with Gasteiger partial charge in [-0.2, -0.15) is 8.42 Å². The predicted octanol–water partition coefficient (Wildman–Crippen LogP) is 5.88. The highest BCUT2D eigenvalue weighted by Gasteiger charge is 2.26. The molecule has 0 aliphatic carbocycles. The van der Waals surface area contributed by atoms with Gasteiger partial charge < -0.3 is 8.92 Å². The average Bonchev–Trinajstić information content (AvgIpc) is 2.68. The first-order valence-corrected chi connectivity index (χ1v) is 11.3. The lowest BCUT2D eigenvalue weighted by Crippen LogP contribution is -2.14. The zero-order valence-electron chi connectivity index (χ0n) is 16.9. The smallest absolute Gasteiger partial charge is 0.343 e. The van der Waals surface area contributed by atoms with E-state index in [4.69, 9.17) is 20.5 Å². The molecule has 154 valence electrons. The number of nitrogens with zero attached hydrogens (tertiary/aromatic N) is 1. The summed E-state index contributed by atoms with van der Waals surface area (Å²) in [4.78, 5) is 4.26. The number of aromatic nitrogens is 1. The fourth-order valence-corrected chi connectivity index (χ4v) is 4.47. The number of hydrogen-bond donors (Lipinski definition) is 0. The van der Waals surface area contributed by atoms with Crippen LogP contribution in [0, 0.1) is 6.92 Å². The molecule has 2 aromatic carbocycles. The first kappa shape index (κ1) is 21.4. The van der Waals surface area contributed by atoms with Crippen LogP contribution in [0.1, 0.15) is 44.2 Å². The zero-order valence-corrected chi connectivity index (χ0v) is 18.5. The summed E-state index contributed by atoms with van der Waals surface area (Å²) in [5.41, 5.74) is 2.29. The Hall–Kier alpha value is -2.31. The summed E-state index contributed by atoms with van der Waals surface area (Å²) in [5, 5.41) is 1.10. The van der Waals surface area contributed by atoms with Crippen LogP contribution in [0.3, 0.4) is 0 Å². The summed E-state index contributed by atoms with van der Waals surface area (Å²) in [6.45, 7) is 8.35. The van der Waals surface area contributed by atoms with Gasteiger partial charge in [-0.1, -0.05) is 32.4 Å². The van der Waals surface area contributed by atoms with Crippen molar-refractivity contribution in [1.82, 2.24) is 4.98 Å². The van der Waals surface area contributed by atoms with Crippen LogP contribution in [-0.2, 0) is 10.1 Å². The highest BCUT2D eigenvalue weighted by Crippen LogP contribution is 2.35. The van der Waals surface area contributed by atoms with Gasteiger partial charge in [-0.15, -0.1) is 0 Å². The molecule has 0 unspecified atom stereocenters. The van der Waals surface area contributed by atoms with Crippen LogP contribution in [0.4, 0.5) is 0 Å². The third-order valence-electron chi connectivity index (χ3n) is 4.56. The van der Waals surface area contributed by atoms with Gasteiger partial charge in [0.1, 0.15) is 16.2 Å². The maximum absolute atomic E-state index is 13.2. The minimum absolute atomic E-state index is 0.0132. The number of fused-ring (bicyclic) bond motifs is 1. The largest absolute Gasteiger partial charge is 0.492 e. The van der Waals surface area contributed by atoms with Gasteiger partial charge >= 0.3 is 10.1 Å². The summed E-state index contributed by atoms with van der Waals surface area (Å²) < 4.78 is 37.7. The van der Waals surface area contributed by atoms with Crippen molar-refractivity contribution in [2.24, 2.45) is 0 Å². The molecule has 3 aromatic rings. The molecule has 0 saturated heterocycles. The van der Waals surface area contributed by atoms with E-state index < -0.39 is 10.1 Å². The maximum Gasteiger partial charge on any atom is 0.343 e. The fourth-order valence-electron chi connectivity index (χ4n) is 3.16. The number of pyridine rings is 1. The van der Waals surface area contributed by atoms with Crippen molar-refractivity contribution in [1.29, 1.82) is 0 Å². The van der Waals surface area contributed by atoms with Crippen molar-refractivity contribution in [3.05, 3.63) is 58.7 Å². The van der Waals surface area contributed by atoms with Crippen LogP contribution < -0.4 is 8.92 Å². The SMILES string of the molecule is CCCOc1cc(C)c(C(C)C)cc1S(=O)(=O)Oc1ccc(Cl)c2cccnc12. The summed E-state index contributed by atoms with van der Waals surface area (Å²) in [6, 6.07) is 10.0. The Balaban J connectivity index is 2.12. The Kier molecular flexibility index (Phi) is 6.34. The lowest BCUT2D eigenvalue weighted by atomic mass is 9.98. The van der Waals surface area contributed by atoms with Crippen molar-refractivity contribution in [3.8, 4) is 11.5 Å². The summed E-state index contributed by atoms with van der Waals surface area (Å²) >= 11 is 6.21. The molecule has 1 aromatic heterocycles. The van der Waals surface area contributed by atoms with Gasteiger partial charge in [0.25, 0.3) is 0 Å². The molecule has 0 bridgehead atoms. The molecule has 0 aliphatic heterocycles. The van der Waals surface area contributed by atoms with Gasteiger partial charge in [-0.25, -0.2) is 0 Å². The molecule has 5 nitrogen and oxygen atoms in total. The molecule has 0 amide bonds. The predicted molar refractivity (Wildman–Crippen MR) is 116 cm³/mol. The molecular weight excluding hydrogens is 410 g/mol. The number of rotatable bonds is 7. The quantitative estimate of drug-likeness (QED) is 0.435. The number of halogens is 1. The molecule has 0 spiro atoms. The lowest BCUT2D eigenvalue weighted by Gasteiger charge is -2.18. The van der Waals surface area contributed by atoms with Gasteiger partial charge in [0.2, 0.25) is 0 Å². The van der Waals surface area contributed by atoms with E-state index in [1.54, 1.807) is 36.5 Å². The van der Waals surface area contributed by atoms with Crippen LogP contribution in [-0.4, -0.2) is 20.0 Å². The Morgan fingerprint density at radius 3 is 2.59 bits per heavy atom. The molecular formula is C22H24ClNO4S. The van der Waals surface area contributed by atoms with E-state index in [0.29, 0.717) is 28.3 Å². The van der Waals surface area contributed by atoms with Crippen molar-refractivity contribution in [3.63, 3.8) is 0 Å². The highest BCUT2D eigenvalue weighted by molar-refractivity contribution is 7.87. The zero-order chi connectivity index (χ0) is 21.2. The first-order chi connectivity index (χ1) is 13.7. The number of aryl methyl sites for hydroxylation is 1. The van der Waals surface area contributed by atoms with E-state index in [2.05, 4.69) is 4.98 Å². The Morgan fingerprint density at radius 1 is 1.14 bits per heavy atom. The van der Waals surface area contributed by atoms with Crippen molar-refractivity contribution < 1.29 is 17.3 Å². The molecule has 0 saturated carbocycles. The standard InChI is InChI=1S/C22H24ClNO4S/c1-5-11-27-20-12-15(4)17(14(2)3)13-21(20)29(25,26)28-19-9-8-18(23)16-7-6-10-24-22(16)19/h6-10,12-14H,5,11H2,1-4H3. The van der Waals surface area contributed by atoms with Crippen LogP contribution in [0.25, 0.3) is 10.9 Å². The van der Waals surface area contributed by atoms with E-state index in [9.17, 15) is 8.42 Å². The van der Waals surface area contributed by atoms with Gasteiger partial charge in [-0.3, -0.25) is 4.98 Å². The van der Waals surface area contributed by atoms with Gasteiger partial charge in [0, 0.05) is 11.6 Å². The highest BCUT2D eigenvalue weighted by atomic mass is 35.5. The molecule has 7 heteroatoms. The molecule has 0 N–H and O–H groups in total. The molecule has 1 heterocycles. The second kappa shape index (κ2) is 8.59. The monoisotopic (exact) mass is 433 g/mol. The van der Waals surface area contributed by atoms with Gasteiger partial charge in [-0.05, 0) is 66.8 Å². The average molecular weight is 434 g/mol. The molecule has 0 fully saturated rings. The van der Waals surface area contributed by atoms with E-state index in [-0.39, 0.29) is 16.6 Å². The van der Waals surface area contributed by atoms with E-state index in [0.717, 1.165) is 17.5 Å². The first-order valence-electron chi connectivity index (χ1n) is 9.49. The fraction of sp³-hybridized carbons (Fsp3) is 0.318. The Morgan fingerprint density at radius 2 is 1.90 bits per heavy atom. The second-order valence-electron chi connectivity index (χ2n) is 7.14. The minimum Gasteiger partial charge on any atom is -0.492 e. The summed E-state index contributed by atoms with van der Waals surface area (Å²) in [6.07, 6.45) is 2.33. The van der Waals surface area contributed by atoms with Crippen LogP contribution in [0.2, 0.25) is 5.02 Å². The Labute approximate surface area is 176 Å². The molecule has 29 heavy (non-hydrogen) atoms. The van der Waals surface area contributed by atoms with Crippen molar-refractivity contribution >= 4 is 32.6 Å². The maximum atomic E-state index is 13.2. The number of hydrogen-bond acceptors (Lipinski definition) is 5. The molecule has 0 aliphatic rings. The lowest BCUT2D eigenvalue weighted by molar-refractivity contribution is 0.307. The Bertz CT molecular complexity index is 1140. The molecule has 0 atom stereocenters. The van der Waals surface area contributed by atoms with Crippen molar-refractivity contribution in [2.75, 3.05) is 6.61 Å². The summed E-state index contributed by atoms with van der Waals surface area (Å²) in [7, 11) is -4.16. The normalized spacial score (nSPS) is 11.8. The van der Waals surface area contributed by atoms with Gasteiger partial charge in [0.05, 0.1) is 11.6 Å². The second-order valence-corrected chi connectivity index (χ2v) is 9.06. The van der Waals surface area contributed by atoms with Gasteiger partial charge in [0.15, 0.2) is 5.75 Å². The number of benzene rings is 2. The van der Waals surface area contributed by atoms with E-state index in [1.807, 2.05) is 27.7 Å².